The van der Waals surface area contributed by atoms with Crippen molar-refractivity contribution >= 4 is 5.69 Å². The van der Waals surface area contributed by atoms with Gasteiger partial charge in [0.2, 0.25) is 0 Å². The maximum atomic E-state index is 9.91. The number of aromatic nitrogens is 2. The van der Waals surface area contributed by atoms with Crippen molar-refractivity contribution in [2.24, 2.45) is 0 Å². The van der Waals surface area contributed by atoms with E-state index in [4.69, 9.17) is 5.26 Å². The first-order valence-corrected chi connectivity index (χ1v) is 8.19. The van der Waals surface area contributed by atoms with Crippen molar-refractivity contribution in [2.45, 2.75) is 26.0 Å². The molecule has 0 fully saturated rings. The van der Waals surface area contributed by atoms with E-state index in [0.717, 1.165) is 28.2 Å². The lowest BCUT2D eigenvalue weighted by molar-refractivity contribution is 0.193. The lowest BCUT2D eigenvalue weighted by Crippen LogP contribution is -2.11. The number of anilines is 1. The van der Waals surface area contributed by atoms with Crippen LogP contribution in [0.25, 0.3) is 11.3 Å². The molecule has 0 bridgehead atoms. The average molecular weight is 332 g/mol. The van der Waals surface area contributed by atoms with E-state index in [0.29, 0.717) is 13.0 Å². The highest BCUT2D eigenvalue weighted by molar-refractivity contribution is 5.62. The smallest absolute Gasteiger partial charge is 0.181 e. The number of aliphatic hydroxyl groups excluding tert-OH is 1. The van der Waals surface area contributed by atoms with Gasteiger partial charge in [-0.15, -0.1) is 0 Å². The Morgan fingerprint density at radius 1 is 1.20 bits per heavy atom. The fourth-order valence-electron chi connectivity index (χ4n) is 2.88. The third-order valence-electron chi connectivity index (χ3n) is 3.96. The molecule has 0 aliphatic heterocycles. The number of imidazole rings is 1. The monoisotopic (exact) mass is 332 g/mol. The molecule has 2 N–H and O–H groups in total. The molecule has 5 nitrogen and oxygen atoms in total. The molecule has 1 unspecified atom stereocenters. The molecule has 0 radical (unpaired) electrons. The Hall–Kier alpha value is -3.10. The lowest BCUT2D eigenvalue weighted by atomic mass is 10.1. The standard InChI is InChI=1S/C20H20N4O/c1-15(25)10-19-20(17-7-3-2-4-8-17)23-14-24(19)12-16-6-5-9-18(11-16)22-13-21/h2-9,11,14-15,22,25H,10,12H2,1H3. The first kappa shape index (κ1) is 16.7. The first-order chi connectivity index (χ1) is 12.2. The largest absolute Gasteiger partial charge is 0.393 e. The third-order valence-corrected chi connectivity index (χ3v) is 3.96. The van der Waals surface area contributed by atoms with Crippen LogP contribution in [0.5, 0.6) is 0 Å². The second kappa shape index (κ2) is 7.65. The van der Waals surface area contributed by atoms with E-state index < -0.39 is 6.10 Å². The minimum atomic E-state index is -0.454. The number of benzene rings is 2. The Labute approximate surface area is 147 Å². The molecule has 5 heteroatoms. The lowest BCUT2D eigenvalue weighted by Gasteiger charge is -2.12. The van der Waals surface area contributed by atoms with E-state index in [1.807, 2.05) is 67.1 Å². The third kappa shape index (κ3) is 4.06. The molecule has 0 spiro atoms. The second-order valence-electron chi connectivity index (χ2n) is 6.02. The van der Waals surface area contributed by atoms with Crippen LogP contribution in [0, 0.1) is 11.5 Å². The quantitative estimate of drug-likeness (QED) is 0.536. The van der Waals surface area contributed by atoms with Gasteiger partial charge in [-0.3, -0.25) is 5.32 Å². The van der Waals surface area contributed by atoms with Gasteiger partial charge >= 0.3 is 0 Å². The SMILES string of the molecule is CC(O)Cc1c(-c2ccccc2)ncn1Cc1cccc(NC#N)c1. The Morgan fingerprint density at radius 3 is 2.72 bits per heavy atom. The molecule has 25 heavy (non-hydrogen) atoms. The molecule has 0 saturated heterocycles. The minimum absolute atomic E-state index is 0.454. The number of nitriles is 1. The van der Waals surface area contributed by atoms with Crippen molar-refractivity contribution in [3.8, 4) is 17.5 Å². The molecule has 0 saturated carbocycles. The van der Waals surface area contributed by atoms with Gasteiger partial charge in [0, 0.05) is 29.9 Å². The van der Waals surface area contributed by atoms with Gasteiger partial charge in [0.15, 0.2) is 6.19 Å². The summed E-state index contributed by atoms with van der Waals surface area (Å²) in [6.45, 7) is 2.41. The van der Waals surface area contributed by atoms with Gasteiger partial charge in [-0.1, -0.05) is 42.5 Å². The number of aliphatic hydroxyl groups is 1. The number of hydrogen-bond donors (Lipinski definition) is 2. The predicted molar refractivity (Wildman–Crippen MR) is 97.8 cm³/mol. The van der Waals surface area contributed by atoms with Crippen LogP contribution < -0.4 is 5.32 Å². The molecule has 1 atom stereocenters. The molecule has 0 aliphatic rings. The molecular weight excluding hydrogens is 312 g/mol. The molecular formula is C20H20N4O. The zero-order chi connectivity index (χ0) is 17.6. The van der Waals surface area contributed by atoms with Crippen LogP contribution >= 0.6 is 0 Å². The summed E-state index contributed by atoms with van der Waals surface area (Å²) < 4.78 is 2.06. The maximum absolute atomic E-state index is 9.91. The summed E-state index contributed by atoms with van der Waals surface area (Å²) in [4.78, 5) is 4.58. The summed E-state index contributed by atoms with van der Waals surface area (Å²) in [5.41, 5.74) is 4.76. The Bertz CT molecular complexity index is 878. The zero-order valence-corrected chi connectivity index (χ0v) is 14.1. The molecule has 126 valence electrons. The average Bonchev–Trinajstić information content (AvgIpc) is 2.98. The van der Waals surface area contributed by atoms with Crippen LogP contribution in [-0.4, -0.2) is 20.8 Å². The first-order valence-electron chi connectivity index (χ1n) is 8.19. The van der Waals surface area contributed by atoms with Crippen molar-refractivity contribution < 1.29 is 5.11 Å². The Balaban J connectivity index is 1.95. The fraction of sp³-hybridized carbons (Fsp3) is 0.200. The number of rotatable bonds is 6. The summed E-state index contributed by atoms with van der Waals surface area (Å²) in [6, 6.07) is 17.7. The van der Waals surface area contributed by atoms with E-state index in [1.165, 1.54) is 0 Å². The van der Waals surface area contributed by atoms with Crippen LogP contribution in [-0.2, 0) is 13.0 Å². The fourth-order valence-corrected chi connectivity index (χ4v) is 2.88. The summed E-state index contributed by atoms with van der Waals surface area (Å²) in [5.74, 6) is 0. The molecule has 1 aromatic heterocycles. The molecule has 0 aliphatic carbocycles. The predicted octanol–water partition coefficient (Wildman–Crippen LogP) is 3.41. The van der Waals surface area contributed by atoms with Gasteiger partial charge < -0.3 is 9.67 Å². The summed E-state index contributed by atoms with van der Waals surface area (Å²) in [5, 5.41) is 21.3. The van der Waals surface area contributed by atoms with Crippen molar-refractivity contribution in [3.63, 3.8) is 0 Å². The highest BCUT2D eigenvalue weighted by Crippen LogP contribution is 2.24. The van der Waals surface area contributed by atoms with Gasteiger partial charge in [-0.25, -0.2) is 4.98 Å². The highest BCUT2D eigenvalue weighted by atomic mass is 16.3. The summed E-state index contributed by atoms with van der Waals surface area (Å²) >= 11 is 0. The number of nitrogens with zero attached hydrogens (tertiary/aromatic N) is 3. The van der Waals surface area contributed by atoms with Crippen LogP contribution in [0.15, 0.2) is 60.9 Å². The van der Waals surface area contributed by atoms with Crippen molar-refractivity contribution in [1.29, 1.82) is 5.26 Å². The van der Waals surface area contributed by atoms with E-state index in [9.17, 15) is 5.11 Å². The summed E-state index contributed by atoms with van der Waals surface area (Å²) in [6.07, 6.45) is 3.82. The van der Waals surface area contributed by atoms with E-state index in [2.05, 4.69) is 14.9 Å². The van der Waals surface area contributed by atoms with Gasteiger partial charge in [0.1, 0.15) is 0 Å². The van der Waals surface area contributed by atoms with Crippen molar-refractivity contribution in [1.82, 2.24) is 9.55 Å². The Morgan fingerprint density at radius 2 is 2.00 bits per heavy atom. The van der Waals surface area contributed by atoms with Crippen molar-refractivity contribution in [3.05, 3.63) is 72.2 Å². The van der Waals surface area contributed by atoms with Crippen LogP contribution in [0.3, 0.4) is 0 Å². The van der Waals surface area contributed by atoms with Crippen LogP contribution in [0.2, 0.25) is 0 Å². The topological polar surface area (TPSA) is 73.9 Å². The minimum Gasteiger partial charge on any atom is -0.393 e. The van der Waals surface area contributed by atoms with Crippen molar-refractivity contribution in [2.75, 3.05) is 5.32 Å². The van der Waals surface area contributed by atoms with E-state index >= 15 is 0 Å². The summed E-state index contributed by atoms with van der Waals surface area (Å²) in [7, 11) is 0. The second-order valence-corrected chi connectivity index (χ2v) is 6.02. The normalized spacial score (nSPS) is 11.7. The van der Waals surface area contributed by atoms with Crippen LogP contribution in [0.4, 0.5) is 5.69 Å². The van der Waals surface area contributed by atoms with Gasteiger partial charge in [-0.05, 0) is 24.6 Å². The number of nitrogens with one attached hydrogen (secondary N) is 1. The maximum Gasteiger partial charge on any atom is 0.181 e. The van der Waals surface area contributed by atoms with E-state index in [-0.39, 0.29) is 0 Å². The van der Waals surface area contributed by atoms with Gasteiger partial charge in [-0.2, -0.15) is 5.26 Å². The van der Waals surface area contributed by atoms with Gasteiger partial charge in [0.05, 0.1) is 18.1 Å². The van der Waals surface area contributed by atoms with Gasteiger partial charge in [0.25, 0.3) is 0 Å². The Kier molecular flexibility index (Phi) is 5.12. The highest BCUT2D eigenvalue weighted by Gasteiger charge is 2.15. The molecule has 3 rings (SSSR count). The van der Waals surface area contributed by atoms with E-state index in [1.54, 1.807) is 6.92 Å². The zero-order valence-electron chi connectivity index (χ0n) is 14.1. The number of hydrogen-bond acceptors (Lipinski definition) is 4. The molecule has 2 aromatic carbocycles. The molecule has 0 amide bonds. The molecule has 3 aromatic rings. The molecule has 1 heterocycles. The van der Waals surface area contributed by atoms with Crippen LogP contribution in [0.1, 0.15) is 18.2 Å².